The van der Waals surface area contributed by atoms with Gasteiger partial charge in [0.15, 0.2) is 0 Å². The molecule has 1 saturated carbocycles. The summed E-state index contributed by atoms with van der Waals surface area (Å²) in [6, 6.07) is 3.88. The average Bonchev–Trinajstić information content (AvgIpc) is 2.78. The van der Waals surface area contributed by atoms with Crippen LogP contribution in [0.25, 0.3) is 0 Å². The van der Waals surface area contributed by atoms with E-state index in [9.17, 15) is 4.79 Å². The highest BCUT2D eigenvalue weighted by molar-refractivity contribution is 7.99. The number of nitrogens with zero attached hydrogens (tertiary/aromatic N) is 1. The van der Waals surface area contributed by atoms with Crippen LogP contribution in [0.1, 0.15) is 42.2 Å². The second-order valence-electron chi connectivity index (χ2n) is 4.28. The lowest BCUT2D eigenvalue weighted by Gasteiger charge is -2.29. The third-order valence-electron chi connectivity index (χ3n) is 3.32. The fourth-order valence-electron chi connectivity index (χ4n) is 2.48. The maximum absolute atomic E-state index is 11.1. The lowest BCUT2D eigenvalue weighted by molar-refractivity contribution is 0.0681. The summed E-state index contributed by atoms with van der Waals surface area (Å²) >= 11 is 1.90. The maximum Gasteiger partial charge on any atom is 0.352 e. The molecule has 2 atom stereocenters. The summed E-state index contributed by atoms with van der Waals surface area (Å²) in [5.74, 6) is -0.823. The summed E-state index contributed by atoms with van der Waals surface area (Å²) in [6.07, 6.45) is 8.70. The van der Waals surface area contributed by atoms with Crippen molar-refractivity contribution < 1.29 is 9.90 Å². The van der Waals surface area contributed by atoms with Crippen LogP contribution in [0.5, 0.6) is 0 Å². The first kappa shape index (κ1) is 11.6. The minimum Gasteiger partial charge on any atom is -0.477 e. The van der Waals surface area contributed by atoms with Crippen molar-refractivity contribution in [1.29, 1.82) is 0 Å². The molecule has 0 bridgehead atoms. The minimum atomic E-state index is -0.823. The molecule has 0 aromatic carbocycles. The topological polar surface area (TPSA) is 42.2 Å². The standard InChI is InChI=1S/C12H17NO2S/c1-16-10-5-2-4-9(8-10)13-7-3-6-11(13)12(14)15/h3,6-7,9-10H,2,4-5,8H2,1H3,(H,14,15). The highest BCUT2D eigenvalue weighted by Crippen LogP contribution is 2.34. The molecule has 16 heavy (non-hydrogen) atoms. The molecule has 88 valence electrons. The lowest BCUT2D eigenvalue weighted by atomic mass is 9.94. The van der Waals surface area contributed by atoms with Crippen molar-refractivity contribution in [3.8, 4) is 0 Å². The Bertz CT molecular complexity index is 375. The first-order chi connectivity index (χ1) is 7.72. The van der Waals surface area contributed by atoms with E-state index in [0.717, 1.165) is 12.8 Å². The SMILES string of the molecule is CSC1CCCC(n2cccc2C(=O)O)C1. The summed E-state index contributed by atoms with van der Waals surface area (Å²) in [7, 11) is 0. The van der Waals surface area contributed by atoms with E-state index in [2.05, 4.69) is 6.26 Å². The van der Waals surface area contributed by atoms with Gasteiger partial charge >= 0.3 is 5.97 Å². The molecule has 4 heteroatoms. The fraction of sp³-hybridized carbons (Fsp3) is 0.583. The molecule has 1 N–H and O–H groups in total. The molecule has 1 fully saturated rings. The van der Waals surface area contributed by atoms with Gasteiger partial charge in [-0.25, -0.2) is 4.79 Å². The Morgan fingerprint density at radius 2 is 2.38 bits per heavy atom. The third-order valence-corrected chi connectivity index (χ3v) is 4.42. The number of carbonyl (C=O) groups is 1. The molecule has 0 spiro atoms. The molecule has 0 amide bonds. The molecule has 1 aromatic heterocycles. The predicted octanol–water partition coefficient (Wildman–Crippen LogP) is 3.03. The number of aromatic carboxylic acids is 1. The van der Waals surface area contributed by atoms with Gasteiger partial charge in [-0.1, -0.05) is 6.42 Å². The Morgan fingerprint density at radius 3 is 3.06 bits per heavy atom. The highest BCUT2D eigenvalue weighted by atomic mass is 32.2. The van der Waals surface area contributed by atoms with Crippen LogP contribution in [0, 0.1) is 0 Å². The zero-order valence-corrected chi connectivity index (χ0v) is 10.2. The van der Waals surface area contributed by atoms with Crippen LogP contribution >= 0.6 is 11.8 Å². The molecule has 0 radical (unpaired) electrons. The maximum atomic E-state index is 11.1. The molecule has 0 aliphatic heterocycles. The van der Waals surface area contributed by atoms with Gasteiger partial charge in [-0.2, -0.15) is 11.8 Å². The van der Waals surface area contributed by atoms with Crippen molar-refractivity contribution in [3.05, 3.63) is 24.0 Å². The molecule has 1 aliphatic carbocycles. The molecule has 1 heterocycles. The van der Waals surface area contributed by atoms with Gasteiger partial charge in [-0.05, 0) is 37.7 Å². The van der Waals surface area contributed by atoms with Gasteiger partial charge < -0.3 is 9.67 Å². The Morgan fingerprint density at radius 1 is 1.56 bits per heavy atom. The van der Waals surface area contributed by atoms with Gasteiger partial charge in [0.2, 0.25) is 0 Å². The van der Waals surface area contributed by atoms with Crippen molar-refractivity contribution >= 4 is 17.7 Å². The van der Waals surface area contributed by atoms with E-state index in [0.29, 0.717) is 17.0 Å². The summed E-state index contributed by atoms with van der Waals surface area (Å²) in [4.78, 5) is 11.1. The third kappa shape index (κ3) is 2.26. The molecular formula is C12H17NO2S. The van der Waals surface area contributed by atoms with Gasteiger partial charge in [0, 0.05) is 17.5 Å². The highest BCUT2D eigenvalue weighted by Gasteiger charge is 2.24. The van der Waals surface area contributed by atoms with Crippen molar-refractivity contribution in [2.24, 2.45) is 0 Å². The molecule has 2 rings (SSSR count). The second kappa shape index (κ2) is 4.95. The molecule has 1 aliphatic rings. The zero-order chi connectivity index (χ0) is 11.5. The Hall–Kier alpha value is -0.900. The molecule has 1 aromatic rings. The van der Waals surface area contributed by atoms with Crippen molar-refractivity contribution in [3.63, 3.8) is 0 Å². The quantitative estimate of drug-likeness (QED) is 0.881. The van der Waals surface area contributed by atoms with Crippen LogP contribution in [0.15, 0.2) is 18.3 Å². The monoisotopic (exact) mass is 239 g/mol. The number of thioether (sulfide) groups is 1. The zero-order valence-electron chi connectivity index (χ0n) is 9.43. The summed E-state index contributed by atoms with van der Waals surface area (Å²) in [5, 5.41) is 9.77. The van der Waals surface area contributed by atoms with E-state index < -0.39 is 5.97 Å². The van der Waals surface area contributed by atoms with Crippen LogP contribution in [0.2, 0.25) is 0 Å². The first-order valence-electron chi connectivity index (χ1n) is 5.65. The molecule has 2 unspecified atom stereocenters. The Kier molecular flexibility index (Phi) is 3.59. The predicted molar refractivity (Wildman–Crippen MR) is 66.2 cm³/mol. The van der Waals surface area contributed by atoms with E-state index in [1.54, 1.807) is 6.07 Å². The summed E-state index contributed by atoms with van der Waals surface area (Å²) < 4.78 is 1.94. The molecule has 0 saturated heterocycles. The van der Waals surface area contributed by atoms with Crippen LogP contribution in [-0.2, 0) is 0 Å². The van der Waals surface area contributed by atoms with Crippen molar-refractivity contribution in [2.75, 3.05) is 6.26 Å². The Balaban J connectivity index is 2.16. The average molecular weight is 239 g/mol. The first-order valence-corrected chi connectivity index (χ1v) is 6.94. The van der Waals surface area contributed by atoms with Gasteiger partial charge in [0.25, 0.3) is 0 Å². The summed E-state index contributed by atoms with van der Waals surface area (Å²) in [6.45, 7) is 0. The van der Waals surface area contributed by atoms with E-state index in [-0.39, 0.29) is 0 Å². The van der Waals surface area contributed by atoms with Crippen LogP contribution in [0.3, 0.4) is 0 Å². The lowest BCUT2D eigenvalue weighted by Crippen LogP contribution is -2.22. The minimum absolute atomic E-state index is 0.368. The van der Waals surface area contributed by atoms with Crippen molar-refractivity contribution in [2.45, 2.75) is 37.0 Å². The van der Waals surface area contributed by atoms with E-state index in [1.807, 2.05) is 28.6 Å². The van der Waals surface area contributed by atoms with E-state index in [4.69, 9.17) is 5.11 Å². The summed E-state index contributed by atoms with van der Waals surface area (Å²) in [5.41, 5.74) is 0.423. The number of aromatic nitrogens is 1. The van der Waals surface area contributed by atoms with Crippen LogP contribution < -0.4 is 0 Å². The Labute approximate surface area is 99.8 Å². The fourth-order valence-corrected chi connectivity index (χ4v) is 3.30. The molecule has 3 nitrogen and oxygen atoms in total. The number of hydrogen-bond acceptors (Lipinski definition) is 2. The smallest absolute Gasteiger partial charge is 0.352 e. The molecular weight excluding hydrogens is 222 g/mol. The number of carboxylic acid groups (broad SMARTS) is 1. The normalized spacial score (nSPS) is 25.6. The van der Waals surface area contributed by atoms with Gasteiger partial charge in [0.05, 0.1) is 0 Å². The van der Waals surface area contributed by atoms with Gasteiger partial charge in [-0.3, -0.25) is 0 Å². The number of carboxylic acids is 1. The van der Waals surface area contributed by atoms with Gasteiger partial charge in [-0.15, -0.1) is 0 Å². The van der Waals surface area contributed by atoms with E-state index >= 15 is 0 Å². The number of rotatable bonds is 3. The second-order valence-corrected chi connectivity index (χ2v) is 5.42. The van der Waals surface area contributed by atoms with Crippen LogP contribution in [0.4, 0.5) is 0 Å². The van der Waals surface area contributed by atoms with E-state index in [1.165, 1.54) is 12.8 Å². The van der Waals surface area contributed by atoms with Crippen LogP contribution in [-0.4, -0.2) is 27.1 Å². The van der Waals surface area contributed by atoms with Crippen molar-refractivity contribution in [1.82, 2.24) is 4.57 Å². The number of hydrogen-bond donors (Lipinski definition) is 1. The van der Waals surface area contributed by atoms with Gasteiger partial charge in [0.1, 0.15) is 5.69 Å². The largest absolute Gasteiger partial charge is 0.477 e.